The topological polar surface area (TPSA) is 217 Å². The molecule has 2 aliphatic heterocycles. The summed E-state index contributed by atoms with van der Waals surface area (Å²) in [5.41, 5.74) is 13.4. The molecule has 16 nitrogen and oxygen atoms in total. The highest BCUT2D eigenvalue weighted by molar-refractivity contribution is 8.00. The zero-order chi connectivity index (χ0) is 30.0. The van der Waals surface area contributed by atoms with Crippen LogP contribution in [0, 0.1) is 0 Å². The number of imidazole rings is 1. The van der Waals surface area contributed by atoms with Gasteiger partial charge in [-0.1, -0.05) is 5.16 Å². The summed E-state index contributed by atoms with van der Waals surface area (Å²) < 4.78 is 12.9. The van der Waals surface area contributed by atoms with E-state index in [4.69, 9.17) is 21.0 Å². The normalized spacial score (nSPS) is 19.5. The van der Waals surface area contributed by atoms with E-state index in [2.05, 4.69) is 24.8 Å². The van der Waals surface area contributed by atoms with Crippen LogP contribution < -0.4 is 21.4 Å². The van der Waals surface area contributed by atoms with Gasteiger partial charge in [0.2, 0.25) is 17.9 Å². The molecule has 3 aromatic rings. The van der Waals surface area contributed by atoms with E-state index in [0.29, 0.717) is 30.1 Å². The van der Waals surface area contributed by atoms with Crippen LogP contribution in [0.2, 0.25) is 0 Å². The minimum Gasteiger partial charge on any atom is -0.477 e. The second-order valence-corrected chi connectivity index (χ2v) is 11.3. The number of carboxylic acids is 1. The number of methoxy groups -OCH3 is 1. The number of nitrogens with one attached hydrogen (secondary N) is 1. The predicted molar refractivity (Wildman–Crippen MR) is 152 cm³/mol. The van der Waals surface area contributed by atoms with Gasteiger partial charge in [0.05, 0.1) is 12.8 Å². The molecule has 1 fully saturated rings. The Bertz CT molecular complexity index is 1590. The highest BCUT2D eigenvalue weighted by Gasteiger charge is 2.54. The molecule has 222 valence electrons. The Morgan fingerprint density at radius 2 is 2.21 bits per heavy atom. The maximum atomic E-state index is 13.2. The molecule has 3 unspecified atom stereocenters. The SMILES string of the molecule is CCON=C(C(=O)NC1C(=O)N2C(C(=O)O)=C(C[n+]3cccc4c3ncn4CC(N)COC)CSC12)c1nsc(N)n1. The van der Waals surface area contributed by atoms with Crippen LogP contribution in [0.1, 0.15) is 12.7 Å². The molecule has 0 radical (unpaired) electrons. The van der Waals surface area contributed by atoms with E-state index < -0.39 is 29.2 Å². The van der Waals surface area contributed by atoms with Crippen molar-refractivity contribution in [3.8, 4) is 0 Å². The van der Waals surface area contributed by atoms with Gasteiger partial charge in [-0.2, -0.15) is 9.36 Å². The highest BCUT2D eigenvalue weighted by Crippen LogP contribution is 2.40. The van der Waals surface area contributed by atoms with Crippen LogP contribution in [0.4, 0.5) is 5.13 Å². The highest BCUT2D eigenvalue weighted by atomic mass is 32.2. The number of carboxylic acid groups (broad SMARTS) is 1. The number of pyridine rings is 1. The van der Waals surface area contributed by atoms with Crippen molar-refractivity contribution in [1.29, 1.82) is 0 Å². The third-order valence-electron chi connectivity index (χ3n) is 6.51. The van der Waals surface area contributed by atoms with Crippen LogP contribution in [0.5, 0.6) is 0 Å². The van der Waals surface area contributed by atoms with Crippen molar-refractivity contribution in [1.82, 2.24) is 29.1 Å². The largest absolute Gasteiger partial charge is 0.477 e. The molecule has 3 atom stereocenters. The third-order valence-corrected chi connectivity index (χ3v) is 8.40. The number of anilines is 1. The molecule has 0 bridgehead atoms. The first-order valence-electron chi connectivity index (χ1n) is 12.8. The number of aromatic nitrogens is 5. The van der Waals surface area contributed by atoms with Crippen molar-refractivity contribution < 1.29 is 33.6 Å². The Labute approximate surface area is 247 Å². The lowest BCUT2D eigenvalue weighted by molar-refractivity contribution is -0.664. The van der Waals surface area contributed by atoms with Gasteiger partial charge in [-0.25, -0.2) is 9.36 Å². The molecule has 2 amide bonds. The van der Waals surface area contributed by atoms with Crippen molar-refractivity contribution in [2.45, 2.75) is 37.5 Å². The molecule has 2 aliphatic rings. The van der Waals surface area contributed by atoms with E-state index in [1.165, 1.54) is 16.7 Å². The number of hydrogen-bond acceptors (Lipinski definition) is 13. The van der Waals surface area contributed by atoms with Crippen molar-refractivity contribution >= 4 is 63.1 Å². The summed E-state index contributed by atoms with van der Waals surface area (Å²) in [6.07, 6.45) is 3.48. The van der Waals surface area contributed by atoms with Gasteiger partial charge in [-0.15, -0.1) is 11.8 Å². The molecular weight excluding hydrogens is 588 g/mol. The lowest BCUT2D eigenvalue weighted by Crippen LogP contribution is -2.71. The fourth-order valence-electron chi connectivity index (χ4n) is 4.74. The van der Waals surface area contributed by atoms with Crippen molar-refractivity contribution in [3.63, 3.8) is 0 Å². The zero-order valence-corrected chi connectivity index (χ0v) is 24.3. The molecule has 3 aromatic heterocycles. The first-order valence-corrected chi connectivity index (χ1v) is 14.6. The summed E-state index contributed by atoms with van der Waals surface area (Å²) >= 11 is 2.23. The number of nitrogen functional groups attached to an aromatic ring is 1. The summed E-state index contributed by atoms with van der Waals surface area (Å²) in [6, 6.07) is 2.54. The van der Waals surface area contributed by atoms with Gasteiger partial charge < -0.3 is 36.0 Å². The van der Waals surface area contributed by atoms with E-state index in [0.717, 1.165) is 17.0 Å². The number of carbonyl (C=O) groups is 3. The second kappa shape index (κ2) is 12.4. The summed E-state index contributed by atoms with van der Waals surface area (Å²) in [4.78, 5) is 53.4. The third kappa shape index (κ3) is 5.65. The fourth-order valence-corrected chi connectivity index (χ4v) is 6.51. The van der Waals surface area contributed by atoms with Gasteiger partial charge in [-0.3, -0.25) is 14.5 Å². The number of nitrogens with zero attached hydrogens (tertiary/aromatic N) is 7. The minimum atomic E-state index is -1.24. The molecule has 0 saturated carbocycles. The van der Waals surface area contributed by atoms with Gasteiger partial charge in [-0.05, 0) is 24.0 Å². The predicted octanol–water partition coefficient (Wildman–Crippen LogP) is -1.09. The first kappa shape index (κ1) is 29.4. The number of carbonyl (C=O) groups excluding carboxylic acids is 2. The number of oxime groups is 1. The number of amides is 2. The number of rotatable bonds is 12. The molecule has 6 N–H and O–H groups in total. The monoisotopic (exact) mass is 617 g/mol. The Morgan fingerprint density at radius 1 is 1.40 bits per heavy atom. The lowest BCUT2D eigenvalue weighted by atomic mass is 10.0. The molecule has 5 heterocycles. The molecule has 0 aliphatic carbocycles. The number of fused-ring (bicyclic) bond motifs is 2. The fraction of sp³-hybridized carbons (Fsp3) is 0.417. The quantitative estimate of drug-likeness (QED) is 0.0825. The maximum Gasteiger partial charge on any atom is 0.352 e. The molecule has 42 heavy (non-hydrogen) atoms. The molecule has 0 spiro atoms. The van der Waals surface area contributed by atoms with Gasteiger partial charge in [0.15, 0.2) is 5.13 Å². The Kier molecular flexibility index (Phi) is 8.66. The van der Waals surface area contributed by atoms with Gasteiger partial charge in [0.1, 0.15) is 35.8 Å². The van der Waals surface area contributed by atoms with E-state index in [1.54, 1.807) is 26.6 Å². The van der Waals surface area contributed by atoms with Crippen LogP contribution in [-0.4, -0.2) is 95.9 Å². The van der Waals surface area contributed by atoms with Crippen LogP contribution in [-0.2, 0) is 37.0 Å². The number of thioether (sulfide) groups is 1. The van der Waals surface area contributed by atoms with E-state index in [-0.39, 0.29) is 41.6 Å². The molecule has 18 heteroatoms. The number of aliphatic carboxylic acids is 1. The molecule has 5 rings (SSSR count). The van der Waals surface area contributed by atoms with Gasteiger partial charge >= 0.3 is 11.6 Å². The number of β-lactam (4-membered cyclic amide) rings is 1. The number of nitrogens with two attached hydrogens (primary N) is 2. The first-order chi connectivity index (χ1) is 20.2. The van der Waals surface area contributed by atoms with Crippen molar-refractivity contribution in [3.05, 3.63) is 41.8 Å². The average Bonchev–Trinajstić information content (AvgIpc) is 3.58. The van der Waals surface area contributed by atoms with Crippen LogP contribution >= 0.6 is 23.3 Å². The molecular formula is C24H29N10O6S2+. The van der Waals surface area contributed by atoms with Crippen LogP contribution in [0.25, 0.3) is 11.2 Å². The van der Waals surface area contributed by atoms with Crippen LogP contribution in [0.3, 0.4) is 0 Å². The van der Waals surface area contributed by atoms with Crippen molar-refractivity contribution in [2.75, 3.05) is 31.8 Å². The van der Waals surface area contributed by atoms with Gasteiger partial charge in [0.25, 0.3) is 11.8 Å². The second-order valence-electron chi connectivity index (χ2n) is 9.39. The summed E-state index contributed by atoms with van der Waals surface area (Å²) in [5.74, 6) is -2.26. The zero-order valence-electron chi connectivity index (χ0n) is 22.7. The Hall–Kier alpha value is -4.13. The average molecular weight is 618 g/mol. The Balaban J connectivity index is 1.36. The maximum absolute atomic E-state index is 13.2. The standard InChI is InChI=1S/C24H28N10O6S2/c1-3-40-30-15(18-29-24(26)42-31-18)20(35)28-16-21(36)34-17(23(37)38)12(10-41-22(16)34)7-32-6-4-5-14-19(32)27-11-33(14)8-13(25)9-39-2/h4-6,11,13,16,22H,3,7-10,25H2,1-2H3,(H3-,26,28,29,31,35,37,38)/p+1. The minimum absolute atomic E-state index is 0.0360. The van der Waals surface area contributed by atoms with E-state index in [1.807, 2.05) is 21.3 Å². The summed E-state index contributed by atoms with van der Waals surface area (Å²) in [6.45, 7) is 2.96. The summed E-state index contributed by atoms with van der Waals surface area (Å²) in [5, 5.41) is 16.1. The summed E-state index contributed by atoms with van der Waals surface area (Å²) in [7, 11) is 1.59. The smallest absolute Gasteiger partial charge is 0.352 e. The van der Waals surface area contributed by atoms with Crippen LogP contribution in [0.15, 0.2) is 41.1 Å². The molecule has 1 saturated heterocycles. The number of hydrogen-bond donors (Lipinski definition) is 4. The molecule has 0 aromatic carbocycles. The number of ether oxygens (including phenoxy) is 1. The lowest BCUT2D eigenvalue weighted by Gasteiger charge is -2.49. The van der Waals surface area contributed by atoms with E-state index >= 15 is 0 Å². The van der Waals surface area contributed by atoms with Crippen molar-refractivity contribution in [2.24, 2.45) is 10.9 Å². The van der Waals surface area contributed by atoms with E-state index in [9.17, 15) is 19.5 Å². The van der Waals surface area contributed by atoms with Gasteiger partial charge in [0, 0.05) is 42.6 Å². The Morgan fingerprint density at radius 3 is 2.90 bits per heavy atom.